The first-order valence-corrected chi connectivity index (χ1v) is 3.57. The van der Waals surface area contributed by atoms with E-state index in [1.807, 2.05) is 4.57 Å². The molecule has 0 bridgehead atoms. The molecule has 0 aromatic carbocycles. The van der Waals surface area contributed by atoms with Gasteiger partial charge in [-0.25, -0.2) is 4.98 Å². The van der Waals surface area contributed by atoms with E-state index in [1.165, 1.54) is 0 Å². The number of nitrogens with zero attached hydrogens (tertiary/aromatic N) is 2. The standard InChI is InChI=1S/C8H11N3/c1-3-5-11-7(4-2)6-10-8(11)9/h2,6H,3,5H2,1H3,(H2,9,10). The van der Waals surface area contributed by atoms with Gasteiger partial charge in [0.2, 0.25) is 5.95 Å². The summed E-state index contributed by atoms with van der Waals surface area (Å²) < 4.78 is 1.83. The fourth-order valence-corrected chi connectivity index (χ4v) is 0.964. The predicted molar refractivity (Wildman–Crippen MR) is 44.9 cm³/mol. The van der Waals surface area contributed by atoms with E-state index < -0.39 is 0 Å². The van der Waals surface area contributed by atoms with Crippen molar-refractivity contribution in [1.29, 1.82) is 0 Å². The summed E-state index contributed by atoms with van der Waals surface area (Å²) in [5.74, 6) is 3.02. The fraction of sp³-hybridized carbons (Fsp3) is 0.375. The predicted octanol–water partition coefficient (Wildman–Crippen LogP) is 0.857. The van der Waals surface area contributed by atoms with Gasteiger partial charge in [-0.3, -0.25) is 0 Å². The molecule has 0 saturated heterocycles. The third-order valence-corrected chi connectivity index (χ3v) is 1.48. The molecule has 0 aliphatic rings. The molecule has 0 saturated carbocycles. The minimum Gasteiger partial charge on any atom is -0.369 e. The van der Waals surface area contributed by atoms with Gasteiger partial charge in [-0.15, -0.1) is 6.42 Å². The molecular weight excluding hydrogens is 138 g/mol. The SMILES string of the molecule is C#Cc1cnc(N)n1CCC. The Balaban J connectivity index is 3.00. The molecule has 1 aromatic heterocycles. The molecule has 0 aliphatic heterocycles. The molecule has 58 valence electrons. The van der Waals surface area contributed by atoms with Crippen LogP contribution in [-0.2, 0) is 6.54 Å². The van der Waals surface area contributed by atoms with Crippen LogP contribution in [0.1, 0.15) is 19.0 Å². The number of nitrogen functional groups attached to an aromatic ring is 1. The van der Waals surface area contributed by atoms with Crippen molar-refractivity contribution in [2.45, 2.75) is 19.9 Å². The molecule has 0 atom stereocenters. The Morgan fingerprint density at radius 1 is 1.82 bits per heavy atom. The highest BCUT2D eigenvalue weighted by Gasteiger charge is 2.01. The summed E-state index contributed by atoms with van der Waals surface area (Å²) in [6.45, 7) is 2.91. The fourth-order valence-electron chi connectivity index (χ4n) is 0.964. The lowest BCUT2D eigenvalue weighted by molar-refractivity contribution is 0.682. The zero-order valence-electron chi connectivity index (χ0n) is 6.54. The second kappa shape index (κ2) is 3.11. The highest BCUT2D eigenvalue weighted by Crippen LogP contribution is 2.06. The average molecular weight is 149 g/mol. The number of nitrogens with two attached hydrogens (primary N) is 1. The van der Waals surface area contributed by atoms with Gasteiger partial charge < -0.3 is 10.3 Å². The minimum atomic E-state index is 0.500. The second-order valence-corrected chi connectivity index (χ2v) is 2.30. The number of anilines is 1. The average Bonchev–Trinajstić information content (AvgIpc) is 2.34. The van der Waals surface area contributed by atoms with Crippen LogP contribution in [0.25, 0.3) is 0 Å². The van der Waals surface area contributed by atoms with Gasteiger partial charge in [0, 0.05) is 6.54 Å². The van der Waals surface area contributed by atoms with Crippen LogP contribution in [0.4, 0.5) is 5.95 Å². The van der Waals surface area contributed by atoms with Crippen LogP contribution in [0.15, 0.2) is 6.20 Å². The van der Waals surface area contributed by atoms with Crippen LogP contribution in [-0.4, -0.2) is 9.55 Å². The smallest absolute Gasteiger partial charge is 0.201 e. The molecule has 0 fully saturated rings. The number of hydrogen-bond donors (Lipinski definition) is 1. The van der Waals surface area contributed by atoms with E-state index in [-0.39, 0.29) is 0 Å². The van der Waals surface area contributed by atoms with Crippen molar-refractivity contribution in [1.82, 2.24) is 9.55 Å². The summed E-state index contributed by atoms with van der Waals surface area (Å²) in [6.07, 6.45) is 7.85. The summed E-state index contributed by atoms with van der Waals surface area (Å²) >= 11 is 0. The van der Waals surface area contributed by atoms with Gasteiger partial charge >= 0.3 is 0 Å². The van der Waals surface area contributed by atoms with Gasteiger partial charge in [-0.2, -0.15) is 0 Å². The summed E-state index contributed by atoms with van der Waals surface area (Å²) in [4.78, 5) is 3.90. The van der Waals surface area contributed by atoms with Crippen molar-refractivity contribution < 1.29 is 0 Å². The third-order valence-electron chi connectivity index (χ3n) is 1.48. The number of hydrogen-bond acceptors (Lipinski definition) is 2. The zero-order chi connectivity index (χ0) is 8.27. The van der Waals surface area contributed by atoms with E-state index in [0.717, 1.165) is 18.7 Å². The molecule has 0 aliphatic carbocycles. The van der Waals surface area contributed by atoms with E-state index in [2.05, 4.69) is 17.8 Å². The molecule has 1 rings (SSSR count). The number of rotatable bonds is 2. The normalized spacial score (nSPS) is 9.45. The lowest BCUT2D eigenvalue weighted by Crippen LogP contribution is -2.04. The minimum absolute atomic E-state index is 0.500. The van der Waals surface area contributed by atoms with Gasteiger partial charge in [-0.05, 0) is 6.42 Å². The molecule has 0 amide bonds. The Morgan fingerprint density at radius 3 is 3.09 bits per heavy atom. The van der Waals surface area contributed by atoms with Crippen molar-refractivity contribution >= 4 is 5.95 Å². The van der Waals surface area contributed by atoms with Crippen molar-refractivity contribution in [3.05, 3.63) is 11.9 Å². The van der Waals surface area contributed by atoms with Crippen molar-refractivity contribution in [2.75, 3.05) is 5.73 Å². The Labute approximate surface area is 66.2 Å². The van der Waals surface area contributed by atoms with Crippen LogP contribution in [0.5, 0.6) is 0 Å². The van der Waals surface area contributed by atoms with Gasteiger partial charge in [0.05, 0.1) is 6.20 Å². The molecular formula is C8H11N3. The lowest BCUT2D eigenvalue weighted by Gasteiger charge is -2.02. The number of imidazole rings is 1. The molecule has 0 radical (unpaired) electrons. The van der Waals surface area contributed by atoms with E-state index in [9.17, 15) is 0 Å². The van der Waals surface area contributed by atoms with Crippen molar-refractivity contribution in [3.8, 4) is 12.3 Å². The van der Waals surface area contributed by atoms with E-state index in [4.69, 9.17) is 12.2 Å². The monoisotopic (exact) mass is 149 g/mol. The van der Waals surface area contributed by atoms with E-state index in [0.29, 0.717) is 5.95 Å². The quantitative estimate of drug-likeness (QED) is 0.634. The van der Waals surface area contributed by atoms with Crippen LogP contribution in [0.2, 0.25) is 0 Å². The summed E-state index contributed by atoms with van der Waals surface area (Å²) in [5.41, 5.74) is 6.31. The Bertz CT molecular complexity index is 280. The largest absolute Gasteiger partial charge is 0.369 e. The third kappa shape index (κ3) is 1.35. The highest BCUT2D eigenvalue weighted by molar-refractivity contribution is 5.32. The summed E-state index contributed by atoms with van der Waals surface area (Å²) in [6, 6.07) is 0. The molecule has 1 aromatic rings. The van der Waals surface area contributed by atoms with Crippen LogP contribution >= 0.6 is 0 Å². The Morgan fingerprint density at radius 2 is 2.55 bits per heavy atom. The first-order valence-electron chi connectivity index (χ1n) is 3.57. The maximum Gasteiger partial charge on any atom is 0.201 e. The Kier molecular flexibility index (Phi) is 2.17. The molecule has 3 heteroatoms. The molecule has 0 unspecified atom stereocenters. The molecule has 1 heterocycles. The van der Waals surface area contributed by atoms with Crippen LogP contribution < -0.4 is 5.73 Å². The topological polar surface area (TPSA) is 43.8 Å². The summed E-state index contributed by atoms with van der Waals surface area (Å²) in [7, 11) is 0. The zero-order valence-corrected chi connectivity index (χ0v) is 6.54. The molecule has 0 spiro atoms. The maximum atomic E-state index is 5.56. The maximum absolute atomic E-state index is 5.56. The number of terminal acetylenes is 1. The first-order chi connectivity index (χ1) is 5.29. The van der Waals surface area contributed by atoms with Gasteiger partial charge in [0.15, 0.2) is 0 Å². The van der Waals surface area contributed by atoms with Crippen molar-refractivity contribution in [2.24, 2.45) is 0 Å². The van der Waals surface area contributed by atoms with Crippen molar-refractivity contribution in [3.63, 3.8) is 0 Å². The van der Waals surface area contributed by atoms with Crippen LogP contribution in [0.3, 0.4) is 0 Å². The molecule has 2 N–H and O–H groups in total. The van der Waals surface area contributed by atoms with Crippen LogP contribution in [0, 0.1) is 12.3 Å². The van der Waals surface area contributed by atoms with E-state index in [1.54, 1.807) is 6.20 Å². The first kappa shape index (κ1) is 7.67. The summed E-state index contributed by atoms with van der Waals surface area (Å²) in [5, 5.41) is 0. The second-order valence-electron chi connectivity index (χ2n) is 2.30. The van der Waals surface area contributed by atoms with Gasteiger partial charge in [0.1, 0.15) is 5.69 Å². The lowest BCUT2D eigenvalue weighted by atomic mass is 10.4. The number of aromatic nitrogens is 2. The highest BCUT2D eigenvalue weighted by atomic mass is 15.1. The van der Waals surface area contributed by atoms with Gasteiger partial charge in [-0.1, -0.05) is 12.8 Å². The van der Waals surface area contributed by atoms with Gasteiger partial charge in [0.25, 0.3) is 0 Å². The molecule has 3 nitrogen and oxygen atoms in total. The Hall–Kier alpha value is -1.43. The van der Waals surface area contributed by atoms with E-state index >= 15 is 0 Å². The molecule has 11 heavy (non-hydrogen) atoms.